The smallest absolute Gasteiger partial charge is 0.125 e. The number of ether oxygens (including phenoxy) is 1. The highest BCUT2D eigenvalue weighted by molar-refractivity contribution is 5.87. The van der Waals surface area contributed by atoms with E-state index in [9.17, 15) is 9.90 Å². The number of rotatable bonds is 5. The zero-order chi connectivity index (χ0) is 18.1. The third kappa shape index (κ3) is 2.77. The van der Waals surface area contributed by atoms with Gasteiger partial charge in [0, 0.05) is 17.2 Å². The Morgan fingerprint density at radius 1 is 1.27 bits per heavy atom. The fourth-order valence-corrected chi connectivity index (χ4v) is 4.05. The fourth-order valence-electron chi connectivity index (χ4n) is 4.05. The van der Waals surface area contributed by atoms with Crippen LogP contribution >= 0.6 is 0 Å². The maximum atomic E-state index is 11.2. The van der Waals surface area contributed by atoms with E-state index in [1.165, 1.54) is 0 Å². The van der Waals surface area contributed by atoms with Crippen LogP contribution in [0.15, 0.2) is 67.3 Å². The largest absolute Gasteiger partial charge is 0.545 e. The van der Waals surface area contributed by atoms with Gasteiger partial charge in [-0.15, -0.1) is 0 Å². The number of hydrogen-bond acceptors (Lipinski definition) is 4. The zero-order valence-corrected chi connectivity index (χ0v) is 14.4. The predicted molar refractivity (Wildman–Crippen MR) is 99.3 cm³/mol. The van der Waals surface area contributed by atoms with Gasteiger partial charge in [-0.25, -0.2) is 0 Å². The number of allylic oxidation sites excluding steroid dienone is 2. The summed E-state index contributed by atoms with van der Waals surface area (Å²) in [6.45, 7) is 4.18. The molecule has 0 unspecified atom stereocenters. The van der Waals surface area contributed by atoms with Crippen molar-refractivity contribution in [1.82, 2.24) is 0 Å². The molecule has 1 heterocycles. The van der Waals surface area contributed by atoms with Crippen molar-refractivity contribution < 1.29 is 14.6 Å². The molecule has 4 heteroatoms. The van der Waals surface area contributed by atoms with Crippen LogP contribution in [0.3, 0.4) is 0 Å². The normalized spacial score (nSPS) is 22.8. The molecular weight excluding hydrogens is 326 g/mol. The Hall–Kier alpha value is -3.01. The molecule has 4 rings (SSSR count). The lowest BCUT2D eigenvalue weighted by Gasteiger charge is -2.38. The Kier molecular flexibility index (Phi) is 4.25. The highest BCUT2D eigenvalue weighted by atomic mass is 16.5. The van der Waals surface area contributed by atoms with Crippen LogP contribution in [0.4, 0.5) is 5.69 Å². The van der Waals surface area contributed by atoms with Gasteiger partial charge in [0.15, 0.2) is 0 Å². The van der Waals surface area contributed by atoms with Gasteiger partial charge in [0.25, 0.3) is 0 Å². The van der Waals surface area contributed by atoms with Crippen LogP contribution in [0.2, 0.25) is 0 Å². The van der Waals surface area contributed by atoms with E-state index in [4.69, 9.17) is 4.74 Å². The predicted octanol–water partition coefficient (Wildman–Crippen LogP) is 3.44. The summed E-state index contributed by atoms with van der Waals surface area (Å²) in [6, 6.07) is 13.3. The van der Waals surface area contributed by atoms with Crippen molar-refractivity contribution in [2.75, 3.05) is 11.9 Å². The van der Waals surface area contributed by atoms with E-state index in [0.717, 1.165) is 29.0 Å². The average Bonchev–Trinajstić information content (AvgIpc) is 3.15. The van der Waals surface area contributed by atoms with E-state index >= 15 is 0 Å². The molecule has 0 amide bonds. The first-order chi connectivity index (χ1) is 12.7. The molecule has 0 fully saturated rings. The SMILES string of the molecule is C=CCOc1ccccc1[C@@H]1Nc2ccc(C(=O)[O-])cc2[C@H]2C=CC[C@@H]21. The first-order valence-corrected chi connectivity index (χ1v) is 8.80. The Labute approximate surface area is 152 Å². The average molecular weight is 346 g/mol. The molecule has 0 saturated heterocycles. The molecule has 0 radical (unpaired) electrons. The monoisotopic (exact) mass is 346 g/mol. The van der Waals surface area contributed by atoms with Gasteiger partial charge in [-0.1, -0.05) is 49.1 Å². The summed E-state index contributed by atoms with van der Waals surface area (Å²) in [5, 5.41) is 14.8. The van der Waals surface area contributed by atoms with Crippen molar-refractivity contribution in [2.24, 2.45) is 5.92 Å². The molecule has 3 atom stereocenters. The summed E-state index contributed by atoms with van der Waals surface area (Å²) < 4.78 is 5.86. The van der Waals surface area contributed by atoms with Crippen molar-refractivity contribution in [3.63, 3.8) is 0 Å². The van der Waals surface area contributed by atoms with E-state index < -0.39 is 5.97 Å². The minimum absolute atomic E-state index is 0.0947. The van der Waals surface area contributed by atoms with E-state index in [1.807, 2.05) is 24.3 Å². The molecular formula is C22H20NO3-. The van der Waals surface area contributed by atoms with Gasteiger partial charge in [-0.3, -0.25) is 0 Å². The summed E-state index contributed by atoms with van der Waals surface area (Å²) in [5.41, 5.74) is 3.32. The van der Waals surface area contributed by atoms with Crippen molar-refractivity contribution in [2.45, 2.75) is 18.4 Å². The highest BCUT2D eigenvalue weighted by Gasteiger charge is 2.39. The topological polar surface area (TPSA) is 61.4 Å². The maximum Gasteiger partial charge on any atom is 0.125 e. The number of carbonyl (C=O) groups excluding carboxylic acids is 1. The molecule has 1 aliphatic heterocycles. The molecule has 2 aromatic rings. The van der Waals surface area contributed by atoms with E-state index in [1.54, 1.807) is 18.2 Å². The van der Waals surface area contributed by atoms with Gasteiger partial charge >= 0.3 is 0 Å². The Morgan fingerprint density at radius 2 is 2.12 bits per heavy atom. The van der Waals surface area contributed by atoms with E-state index in [0.29, 0.717) is 12.5 Å². The van der Waals surface area contributed by atoms with Crippen molar-refractivity contribution in [3.05, 3.63) is 84.0 Å². The molecule has 132 valence electrons. The van der Waals surface area contributed by atoms with Gasteiger partial charge in [0.05, 0.1) is 12.0 Å². The van der Waals surface area contributed by atoms with Crippen molar-refractivity contribution in [3.8, 4) is 5.75 Å². The molecule has 0 bridgehead atoms. The van der Waals surface area contributed by atoms with Crippen molar-refractivity contribution >= 4 is 11.7 Å². The number of carboxylic acids is 1. The molecule has 2 aromatic carbocycles. The second-order valence-electron chi connectivity index (χ2n) is 6.70. The molecule has 0 aromatic heterocycles. The van der Waals surface area contributed by atoms with Crippen LogP contribution in [0.5, 0.6) is 5.75 Å². The standard InChI is InChI=1S/C22H21NO3/c1-2-12-26-20-9-4-3-6-17(20)21-16-8-5-7-15(16)18-13-14(22(24)25)10-11-19(18)23-21/h2-7,9-11,13,15-16,21,23H,1,8,12H2,(H,24,25)/p-1/t15-,16-,21+/m0/s1. The molecule has 0 spiro atoms. The number of benzene rings is 2. The number of nitrogens with one attached hydrogen (secondary N) is 1. The summed E-state index contributed by atoms with van der Waals surface area (Å²) in [7, 11) is 0. The Bertz CT molecular complexity index is 887. The first-order valence-electron chi connectivity index (χ1n) is 8.80. The minimum atomic E-state index is -1.14. The maximum absolute atomic E-state index is 11.2. The number of carbonyl (C=O) groups is 1. The summed E-state index contributed by atoms with van der Waals surface area (Å²) in [5.74, 6) is 0.206. The lowest BCUT2D eigenvalue weighted by molar-refractivity contribution is -0.255. The lowest BCUT2D eigenvalue weighted by Crippen LogP contribution is -2.30. The Balaban J connectivity index is 1.75. The van der Waals surface area contributed by atoms with Crippen LogP contribution in [0.25, 0.3) is 0 Å². The number of hydrogen-bond donors (Lipinski definition) is 1. The number of aromatic carboxylic acids is 1. The molecule has 0 saturated carbocycles. The van der Waals surface area contributed by atoms with Gasteiger partial charge in [0.2, 0.25) is 0 Å². The quantitative estimate of drug-likeness (QED) is 0.843. The summed E-state index contributed by atoms with van der Waals surface area (Å²) in [6.07, 6.45) is 7.04. The zero-order valence-electron chi connectivity index (χ0n) is 14.4. The van der Waals surface area contributed by atoms with Gasteiger partial charge in [0.1, 0.15) is 12.4 Å². The summed E-state index contributed by atoms with van der Waals surface area (Å²) in [4.78, 5) is 11.2. The number of para-hydroxylation sites is 1. The van der Waals surface area contributed by atoms with Crippen LogP contribution in [-0.2, 0) is 0 Å². The number of carboxylic acid groups (broad SMARTS) is 1. The van der Waals surface area contributed by atoms with E-state index in [2.05, 4.69) is 30.1 Å². The summed E-state index contributed by atoms with van der Waals surface area (Å²) >= 11 is 0. The van der Waals surface area contributed by atoms with Gasteiger partial charge in [-0.2, -0.15) is 0 Å². The fraction of sp³-hybridized carbons (Fsp3) is 0.227. The number of anilines is 1. The molecule has 2 aliphatic rings. The molecule has 1 aliphatic carbocycles. The second-order valence-corrected chi connectivity index (χ2v) is 6.70. The van der Waals surface area contributed by atoms with Gasteiger partial charge in [-0.05, 0) is 41.7 Å². The first kappa shape index (κ1) is 16.5. The lowest BCUT2D eigenvalue weighted by atomic mass is 9.76. The van der Waals surface area contributed by atoms with Crippen LogP contribution < -0.4 is 15.2 Å². The highest BCUT2D eigenvalue weighted by Crippen LogP contribution is 2.51. The van der Waals surface area contributed by atoms with Crippen molar-refractivity contribution in [1.29, 1.82) is 0 Å². The van der Waals surface area contributed by atoms with Crippen LogP contribution in [-0.4, -0.2) is 12.6 Å². The third-order valence-electron chi connectivity index (χ3n) is 5.21. The minimum Gasteiger partial charge on any atom is -0.545 e. The third-order valence-corrected chi connectivity index (χ3v) is 5.21. The van der Waals surface area contributed by atoms with Gasteiger partial charge < -0.3 is 20.0 Å². The van der Waals surface area contributed by atoms with Crippen LogP contribution in [0.1, 0.15) is 39.9 Å². The molecule has 1 N–H and O–H groups in total. The molecule has 4 nitrogen and oxygen atoms in total. The van der Waals surface area contributed by atoms with E-state index in [-0.39, 0.29) is 17.5 Å². The number of fused-ring (bicyclic) bond motifs is 3. The second kappa shape index (κ2) is 6.71. The van der Waals surface area contributed by atoms with Crippen LogP contribution in [0, 0.1) is 5.92 Å². The Morgan fingerprint density at radius 3 is 2.92 bits per heavy atom. The molecule has 26 heavy (non-hydrogen) atoms.